The summed E-state index contributed by atoms with van der Waals surface area (Å²) in [5.41, 5.74) is 7.93. The fourth-order valence-electron chi connectivity index (χ4n) is 2.45. The first kappa shape index (κ1) is 11.8. The van der Waals surface area contributed by atoms with Gasteiger partial charge in [-0.15, -0.1) is 0 Å². The van der Waals surface area contributed by atoms with E-state index in [4.69, 9.17) is 10.2 Å². The predicted molar refractivity (Wildman–Crippen MR) is 77.9 cm³/mol. The molecule has 0 amide bonds. The molecule has 1 heterocycles. The molecule has 3 nitrogen and oxygen atoms in total. The van der Waals surface area contributed by atoms with Gasteiger partial charge in [0.05, 0.1) is 6.20 Å². The van der Waals surface area contributed by atoms with Crippen LogP contribution >= 0.6 is 0 Å². The molecule has 3 rings (SSSR count). The molecular weight excluding hydrogens is 236 g/mol. The van der Waals surface area contributed by atoms with E-state index in [0.29, 0.717) is 11.7 Å². The molecule has 0 saturated carbocycles. The standard InChI is InChI=1S/C16H16N2O/c1-10(2)11-7-8-14(15-9-18-16(17)19-15)13-6-4-3-5-12(11)13/h3-10H,1-2H3,(H2,17,18). The number of benzene rings is 2. The number of rotatable bonds is 2. The highest BCUT2D eigenvalue weighted by atomic mass is 16.4. The lowest BCUT2D eigenvalue weighted by molar-refractivity contribution is 0.595. The van der Waals surface area contributed by atoms with E-state index < -0.39 is 0 Å². The minimum atomic E-state index is 0.201. The third-order valence-electron chi connectivity index (χ3n) is 3.37. The lowest BCUT2D eigenvalue weighted by Crippen LogP contribution is -1.91. The first-order valence-corrected chi connectivity index (χ1v) is 6.40. The summed E-state index contributed by atoms with van der Waals surface area (Å²) in [5.74, 6) is 1.20. The third-order valence-corrected chi connectivity index (χ3v) is 3.37. The minimum Gasteiger partial charge on any atom is -0.424 e. The van der Waals surface area contributed by atoms with Crippen molar-refractivity contribution in [2.24, 2.45) is 0 Å². The van der Waals surface area contributed by atoms with Crippen molar-refractivity contribution >= 4 is 16.8 Å². The van der Waals surface area contributed by atoms with Crippen molar-refractivity contribution in [2.75, 3.05) is 5.73 Å². The van der Waals surface area contributed by atoms with Crippen molar-refractivity contribution in [1.29, 1.82) is 0 Å². The van der Waals surface area contributed by atoms with Crippen molar-refractivity contribution in [3.63, 3.8) is 0 Å². The smallest absolute Gasteiger partial charge is 0.292 e. The second-order valence-electron chi connectivity index (χ2n) is 4.97. The highest BCUT2D eigenvalue weighted by Gasteiger charge is 2.12. The van der Waals surface area contributed by atoms with Gasteiger partial charge in [-0.2, -0.15) is 0 Å². The fraction of sp³-hybridized carbons (Fsp3) is 0.188. The molecule has 0 aliphatic rings. The number of fused-ring (bicyclic) bond motifs is 1. The van der Waals surface area contributed by atoms with Gasteiger partial charge in [0.15, 0.2) is 5.76 Å². The fourth-order valence-corrected chi connectivity index (χ4v) is 2.45. The van der Waals surface area contributed by atoms with E-state index in [2.05, 4.69) is 49.2 Å². The topological polar surface area (TPSA) is 52.0 Å². The van der Waals surface area contributed by atoms with Gasteiger partial charge >= 0.3 is 0 Å². The van der Waals surface area contributed by atoms with Crippen molar-refractivity contribution < 1.29 is 4.42 Å². The molecule has 0 aliphatic carbocycles. The summed E-state index contributed by atoms with van der Waals surface area (Å²) in [5, 5.41) is 2.43. The van der Waals surface area contributed by atoms with Crippen LogP contribution in [0.2, 0.25) is 0 Å². The van der Waals surface area contributed by atoms with Crippen LogP contribution < -0.4 is 5.73 Å². The summed E-state index contributed by atoms with van der Waals surface area (Å²) >= 11 is 0. The SMILES string of the molecule is CC(C)c1ccc(-c2cnc(N)o2)c2ccccc12. The number of nitrogens with zero attached hydrogens (tertiary/aromatic N) is 1. The molecule has 0 fully saturated rings. The van der Waals surface area contributed by atoms with E-state index in [1.165, 1.54) is 16.3 Å². The largest absolute Gasteiger partial charge is 0.424 e. The van der Waals surface area contributed by atoms with E-state index in [1.807, 2.05) is 6.07 Å². The second-order valence-corrected chi connectivity index (χ2v) is 4.97. The van der Waals surface area contributed by atoms with Gasteiger partial charge in [0.2, 0.25) is 0 Å². The summed E-state index contributed by atoms with van der Waals surface area (Å²) in [6.45, 7) is 4.40. The first-order chi connectivity index (χ1) is 9.16. The van der Waals surface area contributed by atoms with Gasteiger partial charge in [0.25, 0.3) is 6.01 Å². The third kappa shape index (κ3) is 1.97. The molecule has 3 heteroatoms. The molecule has 19 heavy (non-hydrogen) atoms. The van der Waals surface area contributed by atoms with Crippen LogP contribution in [0.25, 0.3) is 22.1 Å². The molecular formula is C16H16N2O. The van der Waals surface area contributed by atoms with Crippen molar-refractivity contribution in [2.45, 2.75) is 19.8 Å². The zero-order valence-corrected chi connectivity index (χ0v) is 11.1. The van der Waals surface area contributed by atoms with Gasteiger partial charge in [0.1, 0.15) is 0 Å². The molecule has 3 aromatic rings. The van der Waals surface area contributed by atoms with Crippen molar-refractivity contribution in [1.82, 2.24) is 4.98 Å². The average Bonchev–Trinajstić information content (AvgIpc) is 2.83. The number of hydrogen-bond acceptors (Lipinski definition) is 3. The van der Waals surface area contributed by atoms with Gasteiger partial charge < -0.3 is 10.2 Å². The van der Waals surface area contributed by atoms with Crippen molar-refractivity contribution in [3.05, 3.63) is 48.2 Å². The molecule has 0 spiro atoms. The van der Waals surface area contributed by atoms with Gasteiger partial charge in [-0.3, -0.25) is 0 Å². The summed E-state index contributed by atoms with van der Waals surface area (Å²) in [6.07, 6.45) is 1.67. The summed E-state index contributed by atoms with van der Waals surface area (Å²) in [4.78, 5) is 3.97. The van der Waals surface area contributed by atoms with E-state index >= 15 is 0 Å². The molecule has 2 N–H and O–H groups in total. The Morgan fingerprint density at radius 1 is 1.05 bits per heavy atom. The molecule has 2 aromatic carbocycles. The Morgan fingerprint density at radius 2 is 1.79 bits per heavy atom. The van der Waals surface area contributed by atoms with Gasteiger partial charge in [-0.1, -0.05) is 50.2 Å². The van der Waals surface area contributed by atoms with Crippen LogP contribution in [-0.2, 0) is 0 Å². The maximum atomic E-state index is 5.56. The molecule has 0 radical (unpaired) electrons. The zero-order chi connectivity index (χ0) is 13.4. The van der Waals surface area contributed by atoms with Crippen LogP contribution in [0.3, 0.4) is 0 Å². The van der Waals surface area contributed by atoms with E-state index in [9.17, 15) is 0 Å². The Kier molecular flexibility index (Phi) is 2.75. The van der Waals surface area contributed by atoms with E-state index in [-0.39, 0.29) is 6.01 Å². The van der Waals surface area contributed by atoms with Gasteiger partial charge in [0, 0.05) is 5.56 Å². The highest BCUT2D eigenvalue weighted by Crippen LogP contribution is 2.34. The van der Waals surface area contributed by atoms with Crippen LogP contribution in [0.1, 0.15) is 25.3 Å². The number of oxazole rings is 1. The molecule has 0 bridgehead atoms. The molecule has 0 aliphatic heterocycles. The normalized spacial score (nSPS) is 11.3. The Morgan fingerprint density at radius 3 is 2.42 bits per heavy atom. The van der Waals surface area contributed by atoms with Crippen LogP contribution in [0.4, 0.5) is 6.01 Å². The Hall–Kier alpha value is -2.29. The average molecular weight is 252 g/mol. The van der Waals surface area contributed by atoms with Crippen LogP contribution in [0, 0.1) is 0 Å². The minimum absolute atomic E-state index is 0.201. The number of nitrogen functional groups attached to an aromatic ring is 1. The number of anilines is 1. The quantitative estimate of drug-likeness (QED) is 0.743. The highest BCUT2D eigenvalue weighted by molar-refractivity contribution is 5.97. The summed E-state index contributed by atoms with van der Waals surface area (Å²) in [6, 6.07) is 12.8. The zero-order valence-electron chi connectivity index (χ0n) is 11.1. The number of hydrogen-bond donors (Lipinski definition) is 1. The first-order valence-electron chi connectivity index (χ1n) is 6.40. The van der Waals surface area contributed by atoms with Crippen LogP contribution in [-0.4, -0.2) is 4.98 Å². The summed E-state index contributed by atoms with van der Waals surface area (Å²) in [7, 11) is 0. The Balaban J connectivity index is 2.30. The number of aromatic nitrogens is 1. The van der Waals surface area contributed by atoms with Gasteiger partial charge in [-0.25, -0.2) is 4.98 Å². The lowest BCUT2D eigenvalue weighted by Gasteiger charge is -2.12. The van der Waals surface area contributed by atoms with Crippen LogP contribution in [0.15, 0.2) is 47.0 Å². The number of nitrogens with two attached hydrogens (primary N) is 1. The molecule has 96 valence electrons. The predicted octanol–water partition coefficient (Wildman–Crippen LogP) is 4.20. The summed E-state index contributed by atoms with van der Waals surface area (Å²) < 4.78 is 5.44. The monoisotopic (exact) mass is 252 g/mol. The van der Waals surface area contributed by atoms with Crippen molar-refractivity contribution in [3.8, 4) is 11.3 Å². The Bertz CT molecular complexity index is 728. The maximum absolute atomic E-state index is 5.56. The van der Waals surface area contributed by atoms with E-state index in [0.717, 1.165) is 5.56 Å². The second kappa shape index (κ2) is 4.43. The van der Waals surface area contributed by atoms with E-state index in [1.54, 1.807) is 6.20 Å². The molecule has 0 unspecified atom stereocenters. The molecule has 1 aromatic heterocycles. The Labute approximate surface area is 112 Å². The molecule has 0 saturated heterocycles. The lowest BCUT2D eigenvalue weighted by atomic mass is 9.93. The van der Waals surface area contributed by atoms with Gasteiger partial charge in [-0.05, 0) is 22.3 Å². The van der Waals surface area contributed by atoms with Crippen LogP contribution in [0.5, 0.6) is 0 Å². The maximum Gasteiger partial charge on any atom is 0.292 e. The molecule has 0 atom stereocenters.